The molecule has 30 heavy (non-hydrogen) atoms. The van der Waals surface area contributed by atoms with Crippen LogP contribution in [0.5, 0.6) is 0 Å². The summed E-state index contributed by atoms with van der Waals surface area (Å²) in [6.45, 7) is 6.34. The van der Waals surface area contributed by atoms with Gasteiger partial charge in [0.1, 0.15) is 5.60 Å². The van der Waals surface area contributed by atoms with Gasteiger partial charge in [-0.15, -0.1) is 0 Å². The normalized spacial score (nSPS) is 17.1. The van der Waals surface area contributed by atoms with Crippen molar-refractivity contribution in [2.75, 3.05) is 0 Å². The number of carbonyl (C=O) groups excluding carboxylic acids is 1. The van der Waals surface area contributed by atoms with E-state index in [1.807, 2.05) is 54.6 Å². The van der Waals surface area contributed by atoms with Crippen molar-refractivity contribution in [3.63, 3.8) is 0 Å². The molecule has 3 rings (SSSR count). The summed E-state index contributed by atoms with van der Waals surface area (Å²) >= 11 is 0. The van der Waals surface area contributed by atoms with Gasteiger partial charge in [-0.3, -0.25) is 9.59 Å². The molecule has 160 valence electrons. The molecular weight excluding hydrogens is 378 g/mol. The average molecular weight is 410 g/mol. The number of nitrogens with one attached hydrogen (secondary N) is 1. The van der Waals surface area contributed by atoms with Gasteiger partial charge in [0.15, 0.2) is 0 Å². The Balaban J connectivity index is 1.77. The molecule has 0 aromatic heterocycles. The Morgan fingerprint density at radius 1 is 1.00 bits per heavy atom. The molecule has 1 fully saturated rings. The molecule has 1 saturated carbocycles. The minimum Gasteiger partial charge on any atom is -0.481 e. The van der Waals surface area contributed by atoms with E-state index in [2.05, 4.69) is 26.1 Å². The first-order chi connectivity index (χ1) is 14.1. The van der Waals surface area contributed by atoms with Crippen LogP contribution in [0.25, 0.3) is 0 Å². The third-order valence-corrected chi connectivity index (χ3v) is 5.85. The van der Waals surface area contributed by atoms with Gasteiger partial charge in [-0.05, 0) is 40.9 Å². The second-order valence-electron chi connectivity index (χ2n) is 9.33. The summed E-state index contributed by atoms with van der Waals surface area (Å²) in [6, 6.07) is 16.3. The van der Waals surface area contributed by atoms with E-state index in [1.165, 1.54) is 0 Å². The van der Waals surface area contributed by atoms with Gasteiger partial charge in [0.05, 0.1) is 18.9 Å². The average Bonchev–Trinajstić information content (AvgIpc) is 3.53. The number of carboxylic acid groups (broad SMARTS) is 1. The van der Waals surface area contributed by atoms with Crippen LogP contribution in [-0.2, 0) is 20.6 Å². The number of carboxylic acids is 1. The number of rotatable bonds is 8. The first-order valence-electron chi connectivity index (χ1n) is 10.5. The molecular formula is C25H31NO4. The lowest BCUT2D eigenvalue weighted by Gasteiger charge is -2.29. The van der Waals surface area contributed by atoms with Crippen molar-refractivity contribution >= 4 is 11.9 Å². The van der Waals surface area contributed by atoms with Gasteiger partial charge >= 0.3 is 5.97 Å². The quantitative estimate of drug-likeness (QED) is 0.607. The van der Waals surface area contributed by atoms with Crippen LogP contribution in [0.4, 0.5) is 0 Å². The number of aliphatic hydroxyl groups is 1. The fourth-order valence-corrected chi connectivity index (χ4v) is 3.90. The fourth-order valence-electron chi connectivity index (χ4n) is 3.90. The molecule has 0 heterocycles. The zero-order valence-electron chi connectivity index (χ0n) is 17.9. The summed E-state index contributed by atoms with van der Waals surface area (Å²) in [6.07, 6.45) is 1.46. The summed E-state index contributed by atoms with van der Waals surface area (Å²) in [5.41, 5.74) is 1.37. The number of carbonyl (C=O) groups is 2. The predicted molar refractivity (Wildman–Crippen MR) is 116 cm³/mol. The topological polar surface area (TPSA) is 86.6 Å². The van der Waals surface area contributed by atoms with Crippen LogP contribution in [0, 0.1) is 5.92 Å². The Kier molecular flexibility index (Phi) is 6.32. The van der Waals surface area contributed by atoms with E-state index in [0.29, 0.717) is 0 Å². The Bertz CT molecular complexity index is 882. The molecule has 1 aliphatic carbocycles. The van der Waals surface area contributed by atoms with Crippen LogP contribution in [0.2, 0.25) is 0 Å². The van der Waals surface area contributed by atoms with Crippen LogP contribution in [0.15, 0.2) is 54.6 Å². The minimum absolute atomic E-state index is 0.0134. The maximum atomic E-state index is 12.9. The summed E-state index contributed by atoms with van der Waals surface area (Å²) < 4.78 is 0. The lowest BCUT2D eigenvalue weighted by atomic mass is 9.85. The van der Waals surface area contributed by atoms with E-state index in [0.717, 1.165) is 29.5 Å². The lowest BCUT2D eigenvalue weighted by Crippen LogP contribution is -2.38. The fraction of sp³-hybridized carbons (Fsp3) is 0.440. The Hall–Kier alpha value is -2.66. The van der Waals surface area contributed by atoms with Gasteiger partial charge in [-0.25, -0.2) is 0 Å². The molecule has 5 heteroatoms. The van der Waals surface area contributed by atoms with E-state index < -0.39 is 17.6 Å². The Morgan fingerprint density at radius 2 is 1.60 bits per heavy atom. The molecule has 3 N–H and O–H groups in total. The molecule has 2 atom stereocenters. The van der Waals surface area contributed by atoms with Gasteiger partial charge in [-0.1, -0.05) is 75.4 Å². The molecule has 2 unspecified atom stereocenters. The maximum absolute atomic E-state index is 12.9. The molecule has 0 radical (unpaired) electrons. The Labute approximate surface area is 178 Å². The van der Waals surface area contributed by atoms with Crippen LogP contribution in [-0.4, -0.2) is 22.1 Å². The van der Waals surface area contributed by atoms with Crippen molar-refractivity contribution in [2.24, 2.45) is 5.92 Å². The molecule has 0 spiro atoms. The monoisotopic (exact) mass is 409 g/mol. The van der Waals surface area contributed by atoms with Crippen molar-refractivity contribution in [3.8, 4) is 0 Å². The molecule has 1 aliphatic rings. The van der Waals surface area contributed by atoms with Gasteiger partial charge in [0.2, 0.25) is 5.91 Å². The van der Waals surface area contributed by atoms with Gasteiger partial charge in [0, 0.05) is 0 Å². The number of hydrogen-bond donors (Lipinski definition) is 3. The van der Waals surface area contributed by atoms with Gasteiger partial charge in [0.25, 0.3) is 0 Å². The predicted octanol–water partition coefficient (Wildman–Crippen LogP) is 4.30. The lowest BCUT2D eigenvalue weighted by molar-refractivity contribution is -0.138. The smallest absolute Gasteiger partial charge is 0.305 e. The molecule has 2 aromatic rings. The van der Waals surface area contributed by atoms with Crippen molar-refractivity contribution in [3.05, 3.63) is 71.3 Å². The SMILES string of the molecule is CC(C)(C)c1ccc(C(CC(=O)O)NC(=O)CC(O)(c2ccccc2)C2CC2)cc1. The second-order valence-corrected chi connectivity index (χ2v) is 9.33. The molecule has 0 saturated heterocycles. The van der Waals surface area contributed by atoms with Crippen LogP contribution in [0.3, 0.4) is 0 Å². The molecule has 0 aliphatic heterocycles. The number of aliphatic carboxylic acids is 1. The number of benzene rings is 2. The maximum Gasteiger partial charge on any atom is 0.305 e. The third-order valence-electron chi connectivity index (χ3n) is 5.85. The van der Waals surface area contributed by atoms with E-state index in [4.69, 9.17) is 0 Å². The van der Waals surface area contributed by atoms with Gasteiger partial charge in [-0.2, -0.15) is 0 Å². The highest BCUT2D eigenvalue weighted by molar-refractivity contribution is 5.79. The third kappa shape index (κ3) is 5.28. The molecule has 5 nitrogen and oxygen atoms in total. The first kappa shape index (κ1) is 22.0. The van der Waals surface area contributed by atoms with Gasteiger partial charge < -0.3 is 15.5 Å². The van der Waals surface area contributed by atoms with Crippen molar-refractivity contribution in [1.82, 2.24) is 5.32 Å². The van der Waals surface area contributed by atoms with E-state index >= 15 is 0 Å². The zero-order chi connectivity index (χ0) is 21.9. The number of amides is 1. The molecule has 1 amide bonds. The molecule has 2 aromatic carbocycles. The highest BCUT2D eigenvalue weighted by atomic mass is 16.4. The zero-order valence-corrected chi connectivity index (χ0v) is 17.9. The minimum atomic E-state index is -1.23. The number of hydrogen-bond acceptors (Lipinski definition) is 3. The summed E-state index contributed by atoms with van der Waals surface area (Å²) in [5.74, 6) is -1.28. The highest BCUT2D eigenvalue weighted by Crippen LogP contribution is 2.47. The van der Waals surface area contributed by atoms with E-state index in [1.54, 1.807) is 0 Å². The largest absolute Gasteiger partial charge is 0.481 e. The van der Waals surface area contributed by atoms with Crippen molar-refractivity contribution in [2.45, 2.75) is 63.5 Å². The van der Waals surface area contributed by atoms with Crippen molar-refractivity contribution < 1.29 is 19.8 Å². The highest BCUT2D eigenvalue weighted by Gasteiger charge is 2.46. The second kappa shape index (κ2) is 8.60. The van der Waals surface area contributed by atoms with Crippen LogP contribution >= 0.6 is 0 Å². The van der Waals surface area contributed by atoms with E-state index in [9.17, 15) is 19.8 Å². The standard InChI is InChI=1S/C25H31NO4/c1-24(2,3)18-11-9-17(10-12-18)21(15-23(28)29)26-22(27)16-25(30,20-13-14-20)19-7-5-4-6-8-19/h4-12,20-21,30H,13-16H2,1-3H3,(H,26,27)(H,28,29). The van der Waals surface area contributed by atoms with E-state index in [-0.39, 0.29) is 30.1 Å². The summed E-state index contributed by atoms with van der Waals surface area (Å²) in [4.78, 5) is 24.3. The Morgan fingerprint density at radius 3 is 2.10 bits per heavy atom. The van der Waals surface area contributed by atoms with Crippen LogP contribution < -0.4 is 5.32 Å². The first-order valence-corrected chi connectivity index (χ1v) is 10.5. The van der Waals surface area contributed by atoms with Crippen LogP contribution in [0.1, 0.15) is 69.2 Å². The molecule has 0 bridgehead atoms. The summed E-state index contributed by atoms with van der Waals surface area (Å²) in [5, 5.41) is 23.5. The van der Waals surface area contributed by atoms with Crippen molar-refractivity contribution in [1.29, 1.82) is 0 Å². The summed E-state index contributed by atoms with van der Waals surface area (Å²) in [7, 11) is 0.